The lowest BCUT2D eigenvalue weighted by Gasteiger charge is -2.07. The third kappa shape index (κ3) is 3.36. The van der Waals surface area contributed by atoms with Crippen LogP contribution in [0.2, 0.25) is 0 Å². The number of H-pyrrole nitrogens is 1. The van der Waals surface area contributed by atoms with Gasteiger partial charge in [0.15, 0.2) is 0 Å². The number of urea groups is 1. The second-order valence-electron chi connectivity index (χ2n) is 5.63. The molecule has 120 valence electrons. The molecule has 0 saturated carbocycles. The molecule has 2 aromatic heterocycles. The van der Waals surface area contributed by atoms with Gasteiger partial charge in [-0.25, -0.2) is 9.78 Å². The highest BCUT2D eigenvalue weighted by atomic mass is 16.2. The van der Waals surface area contributed by atoms with Crippen molar-refractivity contribution in [3.8, 4) is 0 Å². The number of fused-ring (bicyclic) bond motifs is 1. The molecule has 0 aliphatic rings. The summed E-state index contributed by atoms with van der Waals surface area (Å²) in [6.45, 7) is 3.10. The van der Waals surface area contributed by atoms with Gasteiger partial charge in [0.25, 0.3) is 0 Å². The van der Waals surface area contributed by atoms with Gasteiger partial charge in [0.05, 0.1) is 6.54 Å². The molecule has 3 N–H and O–H groups in total. The van der Waals surface area contributed by atoms with Crippen LogP contribution in [-0.2, 0) is 20.0 Å². The summed E-state index contributed by atoms with van der Waals surface area (Å²) in [6.07, 6.45) is 6.38. The Morgan fingerprint density at radius 1 is 1.35 bits per heavy atom. The summed E-state index contributed by atoms with van der Waals surface area (Å²) in [5, 5.41) is 6.91. The Bertz CT molecular complexity index is 817. The third-order valence-corrected chi connectivity index (χ3v) is 4.02. The molecule has 1 aromatic carbocycles. The van der Waals surface area contributed by atoms with Crippen molar-refractivity contribution in [1.29, 1.82) is 0 Å². The zero-order valence-corrected chi connectivity index (χ0v) is 13.4. The highest BCUT2D eigenvalue weighted by molar-refractivity contribution is 5.85. The molecule has 0 fully saturated rings. The highest BCUT2D eigenvalue weighted by Gasteiger charge is 2.07. The minimum Gasteiger partial charge on any atom is -0.361 e. The van der Waals surface area contributed by atoms with E-state index in [-0.39, 0.29) is 6.03 Å². The molecule has 0 aliphatic heterocycles. The number of carbonyl (C=O) groups is 1. The summed E-state index contributed by atoms with van der Waals surface area (Å²) >= 11 is 0. The fourth-order valence-electron chi connectivity index (χ4n) is 2.67. The van der Waals surface area contributed by atoms with E-state index in [4.69, 9.17) is 0 Å². The maximum absolute atomic E-state index is 11.8. The Morgan fingerprint density at radius 2 is 2.22 bits per heavy atom. The number of rotatable bonds is 5. The second kappa shape index (κ2) is 6.56. The van der Waals surface area contributed by atoms with Gasteiger partial charge >= 0.3 is 6.03 Å². The number of aromatic amines is 1. The quantitative estimate of drug-likeness (QED) is 0.676. The van der Waals surface area contributed by atoms with E-state index in [9.17, 15) is 4.79 Å². The first-order valence-electron chi connectivity index (χ1n) is 7.68. The molecule has 0 atom stereocenters. The predicted molar refractivity (Wildman–Crippen MR) is 90.2 cm³/mol. The van der Waals surface area contributed by atoms with Crippen molar-refractivity contribution in [2.45, 2.75) is 19.9 Å². The van der Waals surface area contributed by atoms with Crippen molar-refractivity contribution in [1.82, 2.24) is 25.2 Å². The minimum absolute atomic E-state index is 0.177. The van der Waals surface area contributed by atoms with Crippen LogP contribution in [0.25, 0.3) is 10.9 Å². The van der Waals surface area contributed by atoms with Gasteiger partial charge < -0.3 is 20.2 Å². The number of benzene rings is 1. The molecule has 3 rings (SSSR count). The molecule has 0 bridgehead atoms. The van der Waals surface area contributed by atoms with Gasteiger partial charge in [0, 0.05) is 43.1 Å². The maximum Gasteiger partial charge on any atom is 0.315 e. The fraction of sp³-hybridized carbons (Fsp3) is 0.294. The first-order valence-corrected chi connectivity index (χ1v) is 7.68. The van der Waals surface area contributed by atoms with Gasteiger partial charge in [0.2, 0.25) is 0 Å². The van der Waals surface area contributed by atoms with E-state index in [1.807, 2.05) is 24.0 Å². The molecule has 23 heavy (non-hydrogen) atoms. The summed E-state index contributed by atoms with van der Waals surface area (Å²) in [4.78, 5) is 19.3. The van der Waals surface area contributed by atoms with Crippen molar-refractivity contribution in [3.05, 3.63) is 53.7 Å². The summed E-state index contributed by atoms with van der Waals surface area (Å²) in [6, 6.07) is 6.08. The molecule has 0 spiro atoms. The van der Waals surface area contributed by atoms with E-state index in [2.05, 4.69) is 45.7 Å². The van der Waals surface area contributed by atoms with E-state index < -0.39 is 0 Å². The number of imidazole rings is 1. The van der Waals surface area contributed by atoms with Crippen LogP contribution < -0.4 is 10.6 Å². The van der Waals surface area contributed by atoms with Gasteiger partial charge in [-0.1, -0.05) is 18.2 Å². The number of nitrogens with zero attached hydrogens (tertiary/aromatic N) is 2. The van der Waals surface area contributed by atoms with Crippen LogP contribution in [0.5, 0.6) is 0 Å². The molecule has 0 saturated heterocycles. The molecular weight excluding hydrogens is 290 g/mol. The van der Waals surface area contributed by atoms with E-state index in [1.165, 1.54) is 22.0 Å². The van der Waals surface area contributed by atoms with Crippen molar-refractivity contribution >= 4 is 16.9 Å². The van der Waals surface area contributed by atoms with Crippen molar-refractivity contribution in [2.24, 2.45) is 7.05 Å². The molecule has 6 nitrogen and oxygen atoms in total. The van der Waals surface area contributed by atoms with Crippen molar-refractivity contribution in [2.75, 3.05) is 6.54 Å². The number of aromatic nitrogens is 3. The van der Waals surface area contributed by atoms with Gasteiger partial charge in [-0.2, -0.15) is 0 Å². The van der Waals surface area contributed by atoms with E-state index in [0.29, 0.717) is 13.1 Å². The number of amides is 2. The van der Waals surface area contributed by atoms with Crippen LogP contribution in [0, 0.1) is 6.92 Å². The zero-order chi connectivity index (χ0) is 16.2. The minimum atomic E-state index is -0.177. The summed E-state index contributed by atoms with van der Waals surface area (Å²) < 4.78 is 1.88. The summed E-state index contributed by atoms with van der Waals surface area (Å²) in [5.41, 5.74) is 3.62. The van der Waals surface area contributed by atoms with Gasteiger partial charge in [-0.3, -0.25) is 0 Å². The molecule has 0 unspecified atom stereocenters. The fourth-order valence-corrected chi connectivity index (χ4v) is 2.67. The molecule has 6 heteroatoms. The maximum atomic E-state index is 11.8. The largest absolute Gasteiger partial charge is 0.361 e. The van der Waals surface area contributed by atoms with Gasteiger partial charge in [-0.15, -0.1) is 0 Å². The highest BCUT2D eigenvalue weighted by Crippen LogP contribution is 2.21. The SMILES string of the molecule is Cc1cccc2c(CCNC(=O)NCc3nccn3C)c[nH]c12. The van der Waals surface area contributed by atoms with Crippen LogP contribution in [0.15, 0.2) is 36.8 Å². The lowest BCUT2D eigenvalue weighted by atomic mass is 10.1. The summed E-state index contributed by atoms with van der Waals surface area (Å²) in [7, 11) is 1.90. The molecule has 3 aromatic rings. The Morgan fingerprint density at radius 3 is 3.00 bits per heavy atom. The number of para-hydroxylation sites is 1. The van der Waals surface area contributed by atoms with Crippen LogP contribution in [0.4, 0.5) is 4.79 Å². The van der Waals surface area contributed by atoms with E-state index >= 15 is 0 Å². The van der Waals surface area contributed by atoms with Crippen molar-refractivity contribution in [3.63, 3.8) is 0 Å². The smallest absolute Gasteiger partial charge is 0.315 e. The zero-order valence-electron chi connectivity index (χ0n) is 13.4. The molecular formula is C17H21N5O. The van der Waals surface area contributed by atoms with E-state index in [1.54, 1.807) is 6.20 Å². The lowest BCUT2D eigenvalue weighted by molar-refractivity contribution is 0.240. The molecule has 2 heterocycles. The number of aryl methyl sites for hydroxylation is 2. The van der Waals surface area contributed by atoms with Crippen LogP contribution >= 0.6 is 0 Å². The molecule has 2 amide bonds. The average molecular weight is 311 g/mol. The van der Waals surface area contributed by atoms with Gasteiger partial charge in [-0.05, 0) is 24.5 Å². The number of carbonyl (C=O) groups excluding carboxylic acids is 1. The van der Waals surface area contributed by atoms with Crippen LogP contribution in [0.3, 0.4) is 0 Å². The van der Waals surface area contributed by atoms with Crippen LogP contribution in [-0.4, -0.2) is 27.1 Å². The predicted octanol–water partition coefficient (Wildman–Crippen LogP) is 2.25. The Hall–Kier alpha value is -2.76. The lowest BCUT2D eigenvalue weighted by Crippen LogP contribution is -2.36. The molecule has 0 aliphatic carbocycles. The second-order valence-corrected chi connectivity index (χ2v) is 5.63. The number of hydrogen-bond acceptors (Lipinski definition) is 2. The Balaban J connectivity index is 1.49. The normalized spacial score (nSPS) is 10.9. The standard InChI is InChI=1S/C17H21N5O/c1-12-4-3-5-14-13(10-20-16(12)14)6-7-19-17(23)21-11-15-18-8-9-22(15)2/h3-5,8-10,20H,6-7,11H2,1-2H3,(H2,19,21,23). The number of nitrogens with one attached hydrogen (secondary N) is 3. The number of hydrogen-bond donors (Lipinski definition) is 3. The average Bonchev–Trinajstić information content (AvgIpc) is 3.13. The monoisotopic (exact) mass is 311 g/mol. The Labute approximate surface area is 134 Å². The first kappa shape index (κ1) is 15.1. The van der Waals surface area contributed by atoms with Crippen molar-refractivity contribution < 1.29 is 4.79 Å². The topological polar surface area (TPSA) is 74.7 Å². The first-order chi connectivity index (χ1) is 11.1. The third-order valence-electron chi connectivity index (χ3n) is 4.02. The molecule has 0 radical (unpaired) electrons. The summed E-state index contributed by atoms with van der Waals surface area (Å²) in [5.74, 6) is 0.826. The van der Waals surface area contributed by atoms with E-state index in [0.717, 1.165) is 12.2 Å². The Kier molecular flexibility index (Phi) is 4.32. The van der Waals surface area contributed by atoms with Crippen LogP contribution in [0.1, 0.15) is 17.0 Å². The van der Waals surface area contributed by atoms with Gasteiger partial charge in [0.1, 0.15) is 5.82 Å².